The van der Waals surface area contributed by atoms with Crippen molar-refractivity contribution in [2.24, 2.45) is 0 Å². The number of carbonyl (C=O) groups excluding carboxylic acids is 1. The molecule has 0 aliphatic carbocycles. The maximum Gasteiger partial charge on any atom is 0.321 e. The Morgan fingerprint density at radius 3 is 2.78 bits per heavy atom. The molecule has 0 radical (unpaired) electrons. The van der Waals surface area contributed by atoms with Crippen LogP contribution in [0.15, 0.2) is 42.7 Å². The number of nitrogens with zero attached hydrogens (tertiary/aromatic N) is 3. The lowest BCUT2D eigenvalue weighted by Crippen LogP contribution is -2.26. The number of amides is 1. The van der Waals surface area contributed by atoms with Crippen molar-refractivity contribution in [3.8, 4) is 28.6 Å². The number of aromatic nitrogens is 3. The second kappa shape index (κ2) is 9.95. The third-order valence-electron chi connectivity index (χ3n) is 4.99. The van der Waals surface area contributed by atoms with Crippen molar-refractivity contribution < 1.29 is 19.0 Å². The van der Waals surface area contributed by atoms with Crippen LogP contribution in [0.25, 0.3) is 11.1 Å². The van der Waals surface area contributed by atoms with Crippen LogP contribution in [0.3, 0.4) is 0 Å². The summed E-state index contributed by atoms with van der Waals surface area (Å²) in [5.41, 5.74) is 4.28. The molecule has 4 rings (SSSR count). The normalized spacial score (nSPS) is 12.2. The van der Waals surface area contributed by atoms with E-state index >= 15 is 0 Å². The fraction of sp³-hybridized carbons (Fsp3) is 0.304. The Hall–Kier alpha value is -3.88. The van der Waals surface area contributed by atoms with E-state index < -0.39 is 0 Å². The van der Waals surface area contributed by atoms with Crippen molar-refractivity contribution in [3.05, 3.63) is 53.9 Å². The Labute approximate surface area is 186 Å². The lowest BCUT2D eigenvalue weighted by Gasteiger charge is -2.19. The first-order chi connectivity index (χ1) is 15.6. The SMILES string of the molecule is CC(=O)NCCNc1ncnc(OCc2cccc(-c3ccc4c(c3)OCCO4)c2C)n1. The second-order valence-corrected chi connectivity index (χ2v) is 7.24. The molecule has 1 aliphatic heterocycles. The van der Waals surface area contributed by atoms with E-state index in [1.165, 1.54) is 13.3 Å². The fourth-order valence-electron chi connectivity index (χ4n) is 3.35. The van der Waals surface area contributed by atoms with Gasteiger partial charge in [-0.15, -0.1) is 0 Å². The van der Waals surface area contributed by atoms with Gasteiger partial charge in [-0.25, -0.2) is 4.98 Å². The van der Waals surface area contributed by atoms with E-state index in [-0.39, 0.29) is 11.9 Å². The highest BCUT2D eigenvalue weighted by molar-refractivity contribution is 5.73. The largest absolute Gasteiger partial charge is 0.486 e. The summed E-state index contributed by atoms with van der Waals surface area (Å²) >= 11 is 0. The summed E-state index contributed by atoms with van der Waals surface area (Å²) in [6, 6.07) is 12.3. The highest BCUT2D eigenvalue weighted by Crippen LogP contribution is 2.36. The molecule has 0 bridgehead atoms. The quantitative estimate of drug-likeness (QED) is 0.520. The van der Waals surface area contributed by atoms with Crippen LogP contribution in [0.1, 0.15) is 18.1 Å². The summed E-state index contributed by atoms with van der Waals surface area (Å²) in [4.78, 5) is 23.3. The number of hydrogen-bond acceptors (Lipinski definition) is 8. The molecule has 9 heteroatoms. The predicted molar refractivity (Wildman–Crippen MR) is 119 cm³/mol. The summed E-state index contributed by atoms with van der Waals surface area (Å²) in [5, 5.41) is 5.73. The number of carbonyl (C=O) groups is 1. The number of benzene rings is 2. The van der Waals surface area contributed by atoms with Crippen LogP contribution < -0.4 is 24.8 Å². The number of nitrogens with one attached hydrogen (secondary N) is 2. The maximum absolute atomic E-state index is 10.9. The standard InChI is InChI=1S/C23H25N5O4/c1-15-18(13-32-23-27-14-26-22(28-23)25-9-8-24-16(2)29)4-3-5-19(15)17-6-7-20-21(12-17)31-11-10-30-20/h3-7,12,14H,8-11,13H2,1-2H3,(H,24,29)(H,25,26,27,28). The molecule has 3 aromatic rings. The molecule has 0 spiro atoms. The Morgan fingerprint density at radius 1 is 1.09 bits per heavy atom. The van der Waals surface area contributed by atoms with Crippen LogP contribution in [-0.4, -0.2) is 47.2 Å². The Balaban J connectivity index is 1.42. The van der Waals surface area contributed by atoms with Gasteiger partial charge in [-0.1, -0.05) is 24.3 Å². The summed E-state index contributed by atoms with van der Waals surface area (Å²) in [6.07, 6.45) is 1.39. The summed E-state index contributed by atoms with van der Waals surface area (Å²) in [6.45, 7) is 5.95. The van der Waals surface area contributed by atoms with E-state index in [1.54, 1.807) is 0 Å². The van der Waals surface area contributed by atoms with Crippen LogP contribution in [0, 0.1) is 6.92 Å². The van der Waals surface area contributed by atoms with Gasteiger partial charge in [0.05, 0.1) is 0 Å². The van der Waals surface area contributed by atoms with E-state index in [0.717, 1.165) is 33.8 Å². The average Bonchev–Trinajstić information content (AvgIpc) is 2.81. The van der Waals surface area contributed by atoms with Gasteiger partial charge in [0, 0.05) is 20.0 Å². The molecular formula is C23H25N5O4. The fourth-order valence-corrected chi connectivity index (χ4v) is 3.35. The minimum absolute atomic E-state index is 0.0830. The van der Waals surface area contributed by atoms with Crippen LogP contribution in [0.2, 0.25) is 0 Å². The molecule has 0 atom stereocenters. The third-order valence-corrected chi connectivity index (χ3v) is 4.99. The highest BCUT2D eigenvalue weighted by atomic mass is 16.6. The Bertz CT molecular complexity index is 1110. The lowest BCUT2D eigenvalue weighted by molar-refractivity contribution is -0.118. The number of ether oxygens (including phenoxy) is 3. The van der Waals surface area contributed by atoms with Crippen LogP contribution in [0.4, 0.5) is 5.95 Å². The molecule has 2 aromatic carbocycles. The van der Waals surface area contributed by atoms with Gasteiger partial charge in [0.15, 0.2) is 11.5 Å². The molecule has 1 amide bonds. The number of hydrogen-bond donors (Lipinski definition) is 2. The average molecular weight is 435 g/mol. The van der Waals surface area contributed by atoms with Gasteiger partial charge in [-0.2, -0.15) is 9.97 Å². The molecule has 9 nitrogen and oxygen atoms in total. The molecule has 166 valence electrons. The minimum Gasteiger partial charge on any atom is -0.486 e. The van der Waals surface area contributed by atoms with E-state index in [4.69, 9.17) is 14.2 Å². The second-order valence-electron chi connectivity index (χ2n) is 7.24. The van der Waals surface area contributed by atoms with Gasteiger partial charge in [0.25, 0.3) is 0 Å². The number of rotatable bonds is 8. The first kappa shape index (κ1) is 21.4. The Kier molecular flexibility index (Phi) is 6.64. The lowest BCUT2D eigenvalue weighted by atomic mass is 9.96. The van der Waals surface area contributed by atoms with Crippen LogP contribution in [0.5, 0.6) is 17.5 Å². The van der Waals surface area contributed by atoms with Crippen LogP contribution in [-0.2, 0) is 11.4 Å². The van der Waals surface area contributed by atoms with E-state index in [2.05, 4.69) is 38.6 Å². The Morgan fingerprint density at radius 2 is 1.94 bits per heavy atom. The highest BCUT2D eigenvalue weighted by Gasteiger charge is 2.14. The van der Waals surface area contributed by atoms with Gasteiger partial charge in [-0.3, -0.25) is 4.79 Å². The molecule has 1 aliphatic rings. The zero-order valence-corrected chi connectivity index (χ0v) is 18.1. The molecule has 0 saturated heterocycles. The summed E-state index contributed by atoms with van der Waals surface area (Å²) in [7, 11) is 0. The maximum atomic E-state index is 10.9. The van der Waals surface area contributed by atoms with E-state index in [9.17, 15) is 4.79 Å². The van der Waals surface area contributed by atoms with Crippen molar-refractivity contribution in [1.29, 1.82) is 0 Å². The van der Waals surface area contributed by atoms with Crippen molar-refractivity contribution in [1.82, 2.24) is 20.3 Å². The number of fused-ring (bicyclic) bond motifs is 1. The zero-order valence-electron chi connectivity index (χ0n) is 18.1. The predicted octanol–water partition coefficient (Wildman–Crippen LogP) is 2.75. The minimum atomic E-state index is -0.0830. The van der Waals surface area contributed by atoms with Crippen molar-refractivity contribution in [2.45, 2.75) is 20.5 Å². The summed E-state index contributed by atoms with van der Waals surface area (Å²) < 4.78 is 17.2. The summed E-state index contributed by atoms with van der Waals surface area (Å²) in [5.74, 6) is 1.84. The van der Waals surface area contributed by atoms with Gasteiger partial charge in [0.2, 0.25) is 11.9 Å². The van der Waals surface area contributed by atoms with Gasteiger partial charge < -0.3 is 24.8 Å². The van der Waals surface area contributed by atoms with Crippen LogP contribution >= 0.6 is 0 Å². The first-order valence-electron chi connectivity index (χ1n) is 10.4. The van der Waals surface area contributed by atoms with Gasteiger partial charge in [-0.05, 0) is 41.3 Å². The topological polar surface area (TPSA) is 107 Å². The molecule has 2 N–H and O–H groups in total. The van der Waals surface area contributed by atoms with E-state index in [0.29, 0.717) is 38.9 Å². The van der Waals surface area contributed by atoms with Crippen molar-refractivity contribution in [2.75, 3.05) is 31.6 Å². The zero-order chi connectivity index (χ0) is 22.3. The molecular weight excluding hydrogens is 410 g/mol. The van der Waals surface area contributed by atoms with Crippen molar-refractivity contribution in [3.63, 3.8) is 0 Å². The first-order valence-corrected chi connectivity index (χ1v) is 10.4. The molecule has 0 fully saturated rings. The van der Waals surface area contributed by atoms with Gasteiger partial charge >= 0.3 is 6.01 Å². The van der Waals surface area contributed by atoms with Gasteiger partial charge in [0.1, 0.15) is 26.1 Å². The molecule has 1 aromatic heterocycles. The molecule has 2 heterocycles. The third kappa shape index (κ3) is 5.23. The molecule has 0 unspecified atom stereocenters. The molecule has 0 saturated carbocycles. The van der Waals surface area contributed by atoms with E-state index in [1.807, 2.05) is 30.3 Å². The number of anilines is 1. The molecule has 32 heavy (non-hydrogen) atoms. The smallest absolute Gasteiger partial charge is 0.321 e. The monoisotopic (exact) mass is 435 g/mol. The van der Waals surface area contributed by atoms with Crippen molar-refractivity contribution >= 4 is 11.9 Å².